The fourth-order valence-electron chi connectivity index (χ4n) is 3.17. The van der Waals surface area contributed by atoms with E-state index < -0.39 is 19.4 Å². The maximum atomic E-state index is 13.8. The fraction of sp³-hybridized carbons (Fsp3) is 0.174. The van der Waals surface area contributed by atoms with Crippen LogP contribution in [0, 0.1) is 6.92 Å². The van der Waals surface area contributed by atoms with E-state index in [4.69, 9.17) is 0 Å². The number of hydrogen-bond donors (Lipinski definition) is 0. The van der Waals surface area contributed by atoms with E-state index in [0.29, 0.717) is 11.1 Å². The number of carbonyl (C=O) groups excluding carboxylic acids is 1. The Hall–Kier alpha value is -2.24. The number of halogens is 1. The minimum absolute atomic E-state index is 0.190. The van der Waals surface area contributed by atoms with Crippen molar-refractivity contribution in [1.82, 2.24) is 0 Å². The second-order valence-electron chi connectivity index (χ2n) is 6.88. The van der Waals surface area contributed by atoms with Crippen LogP contribution in [0.15, 0.2) is 89.8 Å². The van der Waals surface area contributed by atoms with E-state index in [1.54, 1.807) is 79.7 Å². The molecule has 0 heterocycles. The number of alkyl halides is 1. The van der Waals surface area contributed by atoms with Gasteiger partial charge >= 0.3 is 0 Å². The summed E-state index contributed by atoms with van der Waals surface area (Å²) in [5.74, 6) is -0.275. The van der Waals surface area contributed by atoms with Crippen molar-refractivity contribution >= 4 is 31.6 Å². The monoisotopic (exact) mass is 456 g/mol. The van der Waals surface area contributed by atoms with Crippen molar-refractivity contribution in [2.75, 3.05) is 0 Å². The fourth-order valence-corrected chi connectivity index (χ4v) is 6.24. The van der Waals surface area contributed by atoms with Gasteiger partial charge in [-0.25, -0.2) is 8.42 Å². The predicted octanol–water partition coefficient (Wildman–Crippen LogP) is 5.33. The Balaban J connectivity index is 2.19. The van der Waals surface area contributed by atoms with Gasteiger partial charge in [-0.05, 0) is 31.5 Å². The Morgan fingerprint density at radius 2 is 1.36 bits per heavy atom. The SMILES string of the molecule is Cc1ccc(S(=O)(=O)C(C)(c2ccccc2)C(Br)C(=O)c2ccccc2)cc1. The number of aryl methyl sites for hydroxylation is 1. The van der Waals surface area contributed by atoms with Crippen LogP contribution in [0.3, 0.4) is 0 Å². The highest BCUT2D eigenvalue weighted by Gasteiger charge is 2.50. The molecule has 0 aromatic heterocycles. The molecule has 28 heavy (non-hydrogen) atoms. The Labute approximate surface area is 174 Å². The summed E-state index contributed by atoms with van der Waals surface area (Å²) in [5.41, 5.74) is 1.99. The smallest absolute Gasteiger partial charge is 0.189 e. The summed E-state index contributed by atoms with van der Waals surface area (Å²) in [6.45, 7) is 3.51. The molecule has 5 heteroatoms. The van der Waals surface area contributed by atoms with E-state index in [-0.39, 0.29) is 10.7 Å². The van der Waals surface area contributed by atoms with Crippen LogP contribution in [0.25, 0.3) is 0 Å². The first-order valence-corrected chi connectivity index (χ1v) is 11.3. The van der Waals surface area contributed by atoms with Crippen molar-refractivity contribution in [2.45, 2.75) is 28.3 Å². The molecule has 3 rings (SSSR count). The summed E-state index contributed by atoms with van der Waals surface area (Å²) in [5, 5.41) is 0. The van der Waals surface area contributed by atoms with Crippen LogP contribution in [-0.2, 0) is 14.6 Å². The molecule has 0 radical (unpaired) electrons. The molecule has 2 atom stereocenters. The topological polar surface area (TPSA) is 51.2 Å². The highest BCUT2D eigenvalue weighted by atomic mass is 79.9. The second-order valence-corrected chi connectivity index (χ2v) is 10.1. The zero-order valence-electron chi connectivity index (χ0n) is 15.7. The quantitative estimate of drug-likeness (QED) is 0.371. The lowest BCUT2D eigenvalue weighted by Gasteiger charge is -2.34. The number of ketones is 1. The van der Waals surface area contributed by atoms with Gasteiger partial charge in [-0.15, -0.1) is 0 Å². The van der Waals surface area contributed by atoms with Gasteiger partial charge in [0.05, 0.1) is 4.90 Å². The summed E-state index contributed by atoms with van der Waals surface area (Å²) in [6, 6.07) is 24.3. The molecule has 3 aromatic rings. The van der Waals surface area contributed by atoms with E-state index in [2.05, 4.69) is 15.9 Å². The summed E-state index contributed by atoms with van der Waals surface area (Å²) in [4.78, 5) is 12.4. The van der Waals surface area contributed by atoms with Gasteiger partial charge in [0.2, 0.25) is 0 Å². The lowest BCUT2D eigenvalue weighted by Crippen LogP contribution is -2.45. The molecule has 3 aromatic carbocycles. The van der Waals surface area contributed by atoms with E-state index in [0.717, 1.165) is 5.56 Å². The molecule has 0 saturated heterocycles. The lowest BCUT2D eigenvalue weighted by atomic mass is 9.92. The Bertz CT molecular complexity index is 1060. The highest BCUT2D eigenvalue weighted by Crippen LogP contribution is 2.42. The van der Waals surface area contributed by atoms with Crippen LogP contribution in [0.4, 0.5) is 0 Å². The third-order valence-electron chi connectivity index (χ3n) is 5.01. The van der Waals surface area contributed by atoms with Crippen molar-refractivity contribution in [3.05, 3.63) is 102 Å². The first-order valence-electron chi connectivity index (χ1n) is 8.88. The second kappa shape index (κ2) is 8.02. The summed E-state index contributed by atoms with van der Waals surface area (Å²) in [6.07, 6.45) is 0. The highest BCUT2D eigenvalue weighted by molar-refractivity contribution is 9.10. The van der Waals surface area contributed by atoms with Gasteiger partial charge in [0.15, 0.2) is 15.6 Å². The molecule has 0 aliphatic carbocycles. The average Bonchev–Trinajstić information content (AvgIpc) is 2.73. The van der Waals surface area contributed by atoms with Crippen molar-refractivity contribution < 1.29 is 13.2 Å². The molecule has 3 nitrogen and oxygen atoms in total. The summed E-state index contributed by atoms with van der Waals surface area (Å²) in [7, 11) is -3.89. The van der Waals surface area contributed by atoms with Crippen LogP contribution in [0.2, 0.25) is 0 Å². The van der Waals surface area contributed by atoms with Crippen LogP contribution in [0.5, 0.6) is 0 Å². The Morgan fingerprint density at radius 1 is 0.857 bits per heavy atom. The molecule has 0 aliphatic rings. The molecule has 0 N–H and O–H groups in total. The third-order valence-corrected chi connectivity index (χ3v) is 9.12. The lowest BCUT2D eigenvalue weighted by molar-refractivity contribution is 0.0978. The predicted molar refractivity (Wildman–Crippen MR) is 116 cm³/mol. The standard InChI is InChI=1S/C23H21BrO3S/c1-17-13-15-20(16-14-17)28(26,27)23(2,19-11-7-4-8-12-19)22(24)21(25)18-9-5-3-6-10-18/h3-16,22H,1-2H3. The average molecular weight is 457 g/mol. The minimum atomic E-state index is -3.89. The summed E-state index contributed by atoms with van der Waals surface area (Å²) >= 11 is 3.46. The van der Waals surface area contributed by atoms with Gasteiger partial charge in [-0.1, -0.05) is 94.3 Å². The van der Waals surface area contributed by atoms with Crippen molar-refractivity contribution in [3.8, 4) is 0 Å². The third kappa shape index (κ3) is 3.56. The Morgan fingerprint density at radius 3 is 1.89 bits per heavy atom. The number of rotatable bonds is 6. The molecule has 2 unspecified atom stereocenters. The van der Waals surface area contributed by atoms with Crippen LogP contribution < -0.4 is 0 Å². The summed E-state index contributed by atoms with van der Waals surface area (Å²) < 4.78 is 26.0. The molecule has 0 bridgehead atoms. The van der Waals surface area contributed by atoms with Gasteiger partial charge in [0, 0.05) is 5.56 Å². The minimum Gasteiger partial charge on any atom is -0.293 e. The maximum absolute atomic E-state index is 13.8. The molecule has 144 valence electrons. The van der Waals surface area contributed by atoms with Gasteiger partial charge in [-0.2, -0.15) is 0 Å². The van der Waals surface area contributed by atoms with Crippen molar-refractivity contribution in [1.29, 1.82) is 0 Å². The number of sulfone groups is 1. The van der Waals surface area contributed by atoms with Crippen LogP contribution >= 0.6 is 15.9 Å². The zero-order chi connectivity index (χ0) is 20.4. The van der Waals surface area contributed by atoms with Crippen molar-refractivity contribution in [2.24, 2.45) is 0 Å². The normalized spacial score (nSPS) is 14.8. The number of hydrogen-bond acceptors (Lipinski definition) is 3. The first-order chi connectivity index (χ1) is 13.3. The van der Waals surface area contributed by atoms with E-state index in [1.165, 1.54) is 0 Å². The van der Waals surface area contributed by atoms with Crippen LogP contribution in [0.1, 0.15) is 28.4 Å². The molecule has 0 spiro atoms. The zero-order valence-corrected chi connectivity index (χ0v) is 18.1. The molecule has 0 aliphatic heterocycles. The van der Waals surface area contributed by atoms with Gasteiger partial charge in [0.25, 0.3) is 0 Å². The molecule has 0 amide bonds. The van der Waals surface area contributed by atoms with Gasteiger partial charge < -0.3 is 0 Å². The molecular formula is C23H21BrO3S. The number of benzene rings is 3. The molecule has 0 saturated carbocycles. The van der Waals surface area contributed by atoms with E-state index >= 15 is 0 Å². The van der Waals surface area contributed by atoms with Crippen molar-refractivity contribution in [3.63, 3.8) is 0 Å². The van der Waals surface area contributed by atoms with Gasteiger partial charge in [0.1, 0.15) is 9.57 Å². The Kier molecular flexibility index (Phi) is 5.87. The largest absolute Gasteiger partial charge is 0.293 e. The van der Waals surface area contributed by atoms with E-state index in [1.807, 2.05) is 19.1 Å². The van der Waals surface area contributed by atoms with Gasteiger partial charge in [-0.3, -0.25) is 4.79 Å². The first kappa shape index (κ1) is 20.5. The maximum Gasteiger partial charge on any atom is 0.189 e. The molecular weight excluding hydrogens is 436 g/mol. The number of Topliss-reactive ketones (excluding diaryl/α,β-unsaturated/α-hetero) is 1. The van der Waals surface area contributed by atoms with E-state index in [9.17, 15) is 13.2 Å². The molecule has 0 fully saturated rings. The number of carbonyl (C=O) groups is 1. The van der Waals surface area contributed by atoms with Crippen LogP contribution in [-0.4, -0.2) is 19.0 Å².